The molecule has 1 amide bonds. The summed E-state index contributed by atoms with van der Waals surface area (Å²) in [5.41, 5.74) is 0.936. The van der Waals surface area contributed by atoms with Crippen LogP contribution in [0.2, 0.25) is 0 Å². The van der Waals surface area contributed by atoms with Crippen LogP contribution < -0.4 is 10.1 Å². The van der Waals surface area contributed by atoms with Crippen LogP contribution in [0.25, 0.3) is 0 Å². The second-order valence-corrected chi connectivity index (χ2v) is 4.72. The smallest absolute Gasteiger partial charge is 0.255 e. The number of halogens is 2. The van der Waals surface area contributed by atoms with E-state index in [4.69, 9.17) is 4.74 Å². The van der Waals surface area contributed by atoms with E-state index >= 15 is 0 Å². The van der Waals surface area contributed by atoms with Gasteiger partial charge in [0.15, 0.2) is 0 Å². The molecule has 0 saturated carbocycles. The minimum atomic E-state index is -0.418. The summed E-state index contributed by atoms with van der Waals surface area (Å²) in [5.74, 6) is -0.415. The molecule has 0 aromatic heterocycles. The van der Waals surface area contributed by atoms with Crippen LogP contribution in [0, 0.1) is 5.82 Å². The maximum atomic E-state index is 13.0. The van der Waals surface area contributed by atoms with Gasteiger partial charge in [0.05, 0.1) is 12.8 Å². The highest BCUT2D eigenvalue weighted by Gasteiger charge is 2.10. The number of hydrogen-bond acceptors (Lipinski definition) is 2. The monoisotopic (exact) mass is 323 g/mol. The molecule has 2 aromatic rings. The first kappa shape index (κ1) is 13.5. The lowest BCUT2D eigenvalue weighted by atomic mass is 10.2. The fourth-order valence-electron chi connectivity index (χ4n) is 1.56. The average Bonchev–Trinajstić information content (AvgIpc) is 2.41. The maximum absolute atomic E-state index is 13.0. The van der Waals surface area contributed by atoms with Crippen molar-refractivity contribution in [2.45, 2.75) is 0 Å². The van der Waals surface area contributed by atoms with Crippen molar-refractivity contribution in [3.05, 3.63) is 58.3 Å². The molecule has 19 heavy (non-hydrogen) atoms. The van der Waals surface area contributed by atoms with Crippen molar-refractivity contribution >= 4 is 27.5 Å². The molecule has 0 aliphatic heterocycles. The van der Waals surface area contributed by atoms with E-state index in [1.54, 1.807) is 24.3 Å². The zero-order chi connectivity index (χ0) is 13.8. The number of carbonyl (C=O) groups is 1. The van der Waals surface area contributed by atoms with Crippen molar-refractivity contribution in [3.63, 3.8) is 0 Å². The van der Waals surface area contributed by atoms with Crippen molar-refractivity contribution in [2.75, 3.05) is 12.4 Å². The summed E-state index contributed by atoms with van der Waals surface area (Å²) in [5, 5.41) is 2.68. The minimum Gasteiger partial charge on any atom is -0.494 e. The van der Waals surface area contributed by atoms with Gasteiger partial charge < -0.3 is 10.1 Å². The van der Waals surface area contributed by atoms with Gasteiger partial charge in [-0.3, -0.25) is 4.79 Å². The molecule has 2 rings (SSSR count). The van der Waals surface area contributed by atoms with Crippen molar-refractivity contribution < 1.29 is 13.9 Å². The zero-order valence-corrected chi connectivity index (χ0v) is 11.7. The predicted molar refractivity (Wildman–Crippen MR) is 75.0 cm³/mol. The molecule has 0 heterocycles. The van der Waals surface area contributed by atoms with Crippen LogP contribution in [-0.4, -0.2) is 13.0 Å². The van der Waals surface area contributed by atoms with Crippen LogP contribution in [0.3, 0.4) is 0 Å². The summed E-state index contributed by atoms with van der Waals surface area (Å²) >= 11 is 3.30. The summed E-state index contributed by atoms with van der Waals surface area (Å²) < 4.78 is 19.0. The van der Waals surface area contributed by atoms with E-state index < -0.39 is 5.82 Å². The highest BCUT2D eigenvalue weighted by molar-refractivity contribution is 9.10. The molecule has 0 aliphatic rings. The van der Waals surface area contributed by atoms with Gasteiger partial charge in [0.25, 0.3) is 5.91 Å². The first-order chi connectivity index (χ1) is 9.10. The molecule has 3 nitrogen and oxygen atoms in total. The van der Waals surface area contributed by atoms with Gasteiger partial charge >= 0.3 is 0 Å². The molecule has 0 saturated heterocycles. The van der Waals surface area contributed by atoms with Gasteiger partial charge in [0, 0.05) is 16.1 Å². The Morgan fingerprint density at radius 1 is 1.21 bits per heavy atom. The Labute approximate surface area is 118 Å². The van der Waals surface area contributed by atoms with Crippen LogP contribution in [0.5, 0.6) is 5.75 Å². The fraction of sp³-hybridized carbons (Fsp3) is 0.0714. The van der Waals surface area contributed by atoms with E-state index in [1.807, 2.05) is 0 Å². The van der Waals surface area contributed by atoms with Crippen LogP contribution in [0.1, 0.15) is 10.4 Å². The molecule has 2 aromatic carbocycles. The number of amides is 1. The Bertz CT molecular complexity index is 599. The molecule has 98 valence electrons. The summed E-state index contributed by atoms with van der Waals surface area (Å²) in [6.07, 6.45) is 0. The molecular formula is C14H11BrFNO2. The van der Waals surface area contributed by atoms with Gasteiger partial charge in [-0.25, -0.2) is 4.39 Å². The van der Waals surface area contributed by atoms with Gasteiger partial charge in [-0.05, 0) is 36.4 Å². The number of rotatable bonds is 3. The molecule has 0 atom stereocenters. The molecule has 0 unspecified atom stereocenters. The van der Waals surface area contributed by atoms with E-state index in [0.29, 0.717) is 11.3 Å². The Balaban J connectivity index is 2.21. The zero-order valence-electron chi connectivity index (χ0n) is 10.1. The number of anilines is 1. The Morgan fingerprint density at radius 3 is 2.53 bits per heavy atom. The Kier molecular flexibility index (Phi) is 4.16. The highest BCUT2D eigenvalue weighted by atomic mass is 79.9. The molecule has 0 fully saturated rings. The van der Waals surface area contributed by atoms with E-state index in [-0.39, 0.29) is 11.7 Å². The number of ether oxygens (including phenoxy) is 1. The van der Waals surface area contributed by atoms with Crippen LogP contribution >= 0.6 is 15.9 Å². The molecule has 0 radical (unpaired) electrons. The van der Waals surface area contributed by atoms with Crippen molar-refractivity contribution in [1.82, 2.24) is 0 Å². The largest absolute Gasteiger partial charge is 0.494 e. The normalized spacial score (nSPS) is 10.1. The number of methoxy groups -OCH3 is 1. The number of carbonyl (C=O) groups excluding carboxylic acids is 1. The molecular weight excluding hydrogens is 313 g/mol. The molecule has 1 N–H and O–H groups in total. The molecule has 0 aliphatic carbocycles. The van der Waals surface area contributed by atoms with Gasteiger partial charge in [-0.1, -0.05) is 15.9 Å². The first-order valence-corrected chi connectivity index (χ1v) is 6.30. The van der Waals surface area contributed by atoms with E-state index in [9.17, 15) is 9.18 Å². The molecule has 5 heteroatoms. The van der Waals surface area contributed by atoms with Crippen molar-refractivity contribution in [3.8, 4) is 5.75 Å². The van der Waals surface area contributed by atoms with Crippen LogP contribution in [0.4, 0.5) is 10.1 Å². The summed E-state index contributed by atoms with van der Waals surface area (Å²) in [6.45, 7) is 0. The third-order valence-electron chi connectivity index (χ3n) is 2.52. The number of hydrogen-bond donors (Lipinski definition) is 1. The second-order valence-electron chi connectivity index (χ2n) is 3.81. The maximum Gasteiger partial charge on any atom is 0.255 e. The van der Waals surface area contributed by atoms with Gasteiger partial charge in [0.2, 0.25) is 0 Å². The third-order valence-corrected chi connectivity index (χ3v) is 3.05. The Morgan fingerprint density at radius 2 is 1.89 bits per heavy atom. The molecule has 0 spiro atoms. The Hall–Kier alpha value is -1.88. The molecule has 0 bridgehead atoms. The van der Waals surface area contributed by atoms with Gasteiger partial charge in [-0.2, -0.15) is 0 Å². The summed E-state index contributed by atoms with van der Waals surface area (Å²) in [7, 11) is 1.42. The summed E-state index contributed by atoms with van der Waals surface area (Å²) in [6, 6.07) is 10.9. The number of nitrogens with one attached hydrogen (secondary N) is 1. The van der Waals surface area contributed by atoms with Crippen molar-refractivity contribution in [1.29, 1.82) is 0 Å². The van der Waals surface area contributed by atoms with E-state index in [0.717, 1.165) is 4.47 Å². The SMILES string of the molecule is COc1cc(F)ccc1NC(=O)c1ccc(Br)cc1. The van der Waals surface area contributed by atoms with Gasteiger partial charge in [-0.15, -0.1) is 0 Å². The third kappa shape index (κ3) is 3.32. The lowest BCUT2D eigenvalue weighted by Gasteiger charge is -2.10. The lowest BCUT2D eigenvalue weighted by molar-refractivity contribution is 0.102. The van der Waals surface area contributed by atoms with E-state index in [1.165, 1.54) is 25.3 Å². The fourth-order valence-corrected chi connectivity index (χ4v) is 1.83. The van der Waals surface area contributed by atoms with Crippen molar-refractivity contribution in [2.24, 2.45) is 0 Å². The number of benzene rings is 2. The first-order valence-electron chi connectivity index (χ1n) is 5.50. The predicted octanol–water partition coefficient (Wildman–Crippen LogP) is 3.85. The summed E-state index contributed by atoms with van der Waals surface area (Å²) in [4.78, 5) is 12.0. The topological polar surface area (TPSA) is 38.3 Å². The highest BCUT2D eigenvalue weighted by Crippen LogP contribution is 2.25. The second kappa shape index (κ2) is 5.84. The standard InChI is InChI=1S/C14H11BrFNO2/c1-19-13-8-11(16)6-7-12(13)17-14(18)9-2-4-10(15)5-3-9/h2-8H,1H3,(H,17,18). The van der Waals surface area contributed by atoms with Gasteiger partial charge in [0.1, 0.15) is 11.6 Å². The van der Waals surface area contributed by atoms with E-state index in [2.05, 4.69) is 21.2 Å². The lowest BCUT2D eigenvalue weighted by Crippen LogP contribution is -2.12. The van der Waals surface area contributed by atoms with Crippen LogP contribution in [-0.2, 0) is 0 Å². The average molecular weight is 324 g/mol. The minimum absolute atomic E-state index is 0.280. The van der Waals surface area contributed by atoms with Crippen LogP contribution in [0.15, 0.2) is 46.9 Å². The quantitative estimate of drug-likeness (QED) is 0.931.